The predicted molar refractivity (Wildman–Crippen MR) is 30.7 cm³/mol. The number of rotatable bonds is 0. The summed E-state index contributed by atoms with van der Waals surface area (Å²) >= 11 is 0. The van der Waals surface area contributed by atoms with Gasteiger partial charge in [0.2, 0.25) is 0 Å². The molecule has 1 heterocycles. The van der Waals surface area contributed by atoms with Crippen LogP contribution >= 0.6 is 0 Å². The van der Waals surface area contributed by atoms with Gasteiger partial charge in [0.1, 0.15) is 5.83 Å². The van der Waals surface area contributed by atoms with E-state index in [0.29, 0.717) is 6.42 Å². The molecule has 0 aromatic heterocycles. The molecule has 0 N–H and O–H groups in total. The first-order chi connectivity index (χ1) is 3.79. The molecule has 44 valence electrons. The summed E-state index contributed by atoms with van der Waals surface area (Å²) < 4.78 is 12.2. The minimum absolute atomic E-state index is 0.0741. The van der Waals surface area contributed by atoms with Gasteiger partial charge in [-0.15, -0.1) is 0 Å². The van der Waals surface area contributed by atoms with Crippen molar-refractivity contribution < 1.29 is 4.39 Å². The highest BCUT2D eigenvalue weighted by Gasteiger charge is 1.97. The van der Waals surface area contributed by atoms with Gasteiger partial charge in [-0.1, -0.05) is 6.08 Å². The summed E-state index contributed by atoms with van der Waals surface area (Å²) in [5.74, 6) is -0.0741. The van der Waals surface area contributed by atoms with Crippen molar-refractivity contribution in [3.8, 4) is 0 Å². The van der Waals surface area contributed by atoms with Gasteiger partial charge < -0.3 is 4.90 Å². The van der Waals surface area contributed by atoms with Crippen molar-refractivity contribution in [1.29, 1.82) is 0 Å². The van der Waals surface area contributed by atoms with Gasteiger partial charge >= 0.3 is 0 Å². The summed E-state index contributed by atoms with van der Waals surface area (Å²) in [5.41, 5.74) is 0. The Morgan fingerprint density at radius 2 is 2.50 bits per heavy atom. The lowest BCUT2D eigenvalue weighted by atomic mass is 10.3. The van der Waals surface area contributed by atoms with Crippen molar-refractivity contribution in [2.75, 3.05) is 7.05 Å². The smallest absolute Gasteiger partial charge is 0.120 e. The Kier molecular flexibility index (Phi) is 1.33. The van der Waals surface area contributed by atoms with Crippen LogP contribution in [0.2, 0.25) is 0 Å². The topological polar surface area (TPSA) is 3.24 Å². The Labute approximate surface area is 48.1 Å². The third-order valence-electron chi connectivity index (χ3n) is 0.997. The van der Waals surface area contributed by atoms with Crippen molar-refractivity contribution in [1.82, 2.24) is 4.90 Å². The standard InChI is InChI=1S/C6H8FN/c1-8-4-2-3-6(7)5-8/h2,4-5H,3H2,1H3. The molecule has 1 aliphatic rings. The van der Waals surface area contributed by atoms with Gasteiger partial charge in [0.25, 0.3) is 0 Å². The lowest BCUT2D eigenvalue weighted by Crippen LogP contribution is -2.03. The van der Waals surface area contributed by atoms with Crippen LogP contribution < -0.4 is 0 Å². The molecule has 0 atom stereocenters. The van der Waals surface area contributed by atoms with E-state index in [1.54, 1.807) is 18.0 Å². The largest absolute Gasteiger partial charge is 0.355 e. The van der Waals surface area contributed by atoms with Gasteiger partial charge in [0.15, 0.2) is 0 Å². The fraction of sp³-hybridized carbons (Fsp3) is 0.333. The maximum absolute atomic E-state index is 12.2. The van der Waals surface area contributed by atoms with Crippen LogP contribution in [0.4, 0.5) is 4.39 Å². The maximum Gasteiger partial charge on any atom is 0.120 e. The zero-order valence-corrected chi connectivity index (χ0v) is 4.76. The van der Waals surface area contributed by atoms with Crippen LogP contribution in [0.3, 0.4) is 0 Å². The second kappa shape index (κ2) is 1.99. The van der Waals surface area contributed by atoms with Gasteiger partial charge in [-0.2, -0.15) is 0 Å². The highest BCUT2D eigenvalue weighted by atomic mass is 19.1. The third-order valence-corrected chi connectivity index (χ3v) is 0.997. The molecule has 2 heteroatoms. The summed E-state index contributed by atoms with van der Waals surface area (Å²) in [6, 6.07) is 0. The van der Waals surface area contributed by atoms with Crippen LogP contribution in [-0.4, -0.2) is 11.9 Å². The second-order valence-electron chi connectivity index (χ2n) is 1.83. The molecule has 0 spiro atoms. The summed E-state index contributed by atoms with van der Waals surface area (Å²) in [4.78, 5) is 1.69. The first-order valence-electron chi connectivity index (χ1n) is 2.54. The fourth-order valence-electron chi connectivity index (χ4n) is 0.648. The van der Waals surface area contributed by atoms with E-state index in [4.69, 9.17) is 0 Å². The predicted octanol–water partition coefficient (Wildman–Crippen LogP) is 1.65. The van der Waals surface area contributed by atoms with Crippen LogP contribution in [0.5, 0.6) is 0 Å². The first-order valence-corrected chi connectivity index (χ1v) is 2.54. The van der Waals surface area contributed by atoms with Crippen molar-refractivity contribution in [2.45, 2.75) is 6.42 Å². The average Bonchev–Trinajstić information content (AvgIpc) is 1.64. The van der Waals surface area contributed by atoms with Crippen molar-refractivity contribution >= 4 is 0 Å². The highest BCUT2D eigenvalue weighted by Crippen LogP contribution is 2.09. The Balaban J connectivity index is 2.60. The number of halogens is 1. The second-order valence-corrected chi connectivity index (χ2v) is 1.83. The van der Waals surface area contributed by atoms with Crippen molar-refractivity contribution in [2.24, 2.45) is 0 Å². The molecule has 8 heavy (non-hydrogen) atoms. The van der Waals surface area contributed by atoms with Gasteiger partial charge in [-0.05, 0) is 6.20 Å². The van der Waals surface area contributed by atoms with Crippen LogP contribution in [0.15, 0.2) is 24.3 Å². The Bertz CT molecular complexity index is 137. The van der Waals surface area contributed by atoms with Crippen LogP contribution in [-0.2, 0) is 0 Å². The minimum Gasteiger partial charge on any atom is -0.355 e. The van der Waals surface area contributed by atoms with Crippen LogP contribution in [0.1, 0.15) is 6.42 Å². The van der Waals surface area contributed by atoms with E-state index in [9.17, 15) is 4.39 Å². The number of hydrogen-bond acceptors (Lipinski definition) is 1. The average molecular weight is 113 g/mol. The third kappa shape index (κ3) is 1.09. The molecule has 1 rings (SSSR count). The van der Waals surface area contributed by atoms with E-state index in [1.807, 2.05) is 6.20 Å². The number of allylic oxidation sites excluding steroid dienone is 2. The molecule has 1 nitrogen and oxygen atoms in total. The summed E-state index contributed by atoms with van der Waals surface area (Å²) in [6.07, 6.45) is 5.54. The zero-order valence-electron chi connectivity index (χ0n) is 4.76. The molecule has 0 bridgehead atoms. The molecule has 0 aromatic carbocycles. The zero-order chi connectivity index (χ0) is 5.98. The normalized spacial score (nSPS) is 18.8. The Morgan fingerprint density at radius 3 is 2.88 bits per heavy atom. The van der Waals surface area contributed by atoms with Crippen LogP contribution in [0.25, 0.3) is 0 Å². The SMILES string of the molecule is CN1C=CCC(F)=C1. The van der Waals surface area contributed by atoms with Gasteiger partial charge in [-0.3, -0.25) is 0 Å². The maximum atomic E-state index is 12.2. The molecular weight excluding hydrogens is 105 g/mol. The Morgan fingerprint density at radius 1 is 1.75 bits per heavy atom. The van der Waals surface area contributed by atoms with E-state index in [2.05, 4.69) is 0 Å². The van der Waals surface area contributed by atoms with Crippen molar-refractivity contribution in [3.05, 3.63) is 24.3 Å². The van der Waals surface area contributed by atoms with Gasteiger partial charge in [0.05, 0.1) is 0 Å². The molecule has 1 aliphatic heterocycles. The Hall–Kier alpha value is -0.790. The summed E-state index contributed by atoms with van der Waals surface area (Å²) in [7, 11) is 1.80. The van der Waals surface area contributed by atoms with Crippen LogP contribution in [0, 0.1) is 0 Å². The highest BCUT2D eigenvalue weighted by molar-refractivity contribution is 5.05. The molecule has 0 saturated heterocycles. The molecule has 0 amide bonds. The van der Waals surface area contributed by atoms with Gasteiger partial charge in [0, 0.05) is 19.7 Å². The van der Waals surface area contributed by atoms with E-state index in [1.165, 1.54) is 6.20 Å². The molecule has 0 fully saturated rings. The van der Waals surface area contributed by atoms with Crippen molar-refractivity contribution in [3.63, 3.8) is 0 Å². The summed E-state index contributed by atoms with van der Waals surface area (Å²) in [5, 5.41) is 0. The fourth-order valence-corrected chi connectivity index (χ4v) is 0.648. The lowest BCUT2D eigenvalue weighted by Gasteiger charge is -2.10. The minimum atomic E-state index is -0.0741. The van der Waals surface area contributed by atoms with E-state index in [0.717, 1.165) is 0 Å². The molecular formula is C6H8FN. The van der Waals surface area contributed by atoms with Gasteiger partial charge in [-0.25, -0.2) is 4.39 Å². The molecule has 0 saturated carbocycles. The summed E-state index contributed by atoms with van der Waals surface area (Å²) in [6.45, 7) is 0. The molecule has 0 aliphatic carbocycles. The number of hydrogen-bond donors (Lipinski definition) is 0. The molecule has 0 aromatic rings. The monoisotopic (exact) mass is 113 g/mol. The lowest BCUT2D eigenvalue weighted by molar-refractivity contribution is 0.526. The van der Waals surface area contributed by atoms with E-state index < -0.39 is 0 Å². The molecule has 0 radical (unpaired) electrons. The molecule has 0 unspecified atom stereocenters. The van der Waals surface area contributed by atoms with E-state index in [-0.39, 0.29) is 5.83 Å². The van der Waals surface area contributed by atoms with E-state index >= 15 is 0 Å². The first kappa shape index (κ1) is 5.35. The number of nitrogens with zero attached hydrogens (tertiary/aromatic N) is 1. The quantitative estimate of drug-likeness (QED) is 0.461.